The monoisotopic (exact) mass is 404 g/mol. The average molecular weight is 405 g/mol. The first-order valence-electron chi connectivity index (χ1n) is 7.94. The third-order valence-corrected chi connectivity index (χ3v) is 5.17. The Kier molecular flexibility index (Phi) is 7.55. The van der Waals surface area contributed by atoms with Gasteiger partial charge in [0.25, 0.3) is 0 Å². The van der Waals surface area contributed by atoms with Crippen LogP contribution < -0.4 is 10.6 Å². The van der Waals surface area contributed by atoms with E-state index in [0.29, 0.717) is 12.5 Å². The lowest BCUT2D eigenvalue weighted by molar-refractivity contribution is 0.0507. The van der Waals surface area contributed by atoms with Crippen LogP contribution in [0.5, 0.6) is 0 Å². The Bertz CT molecular complexity index is 511. The summed E-state index contributed by atoms with van der Waals surface area (Å²) in [5, 5.41) is 8.57. The third-order valence-electron chi connectivity index (χ3n) is 3.25. The number of halogens is 1. The van der Waals surface area contributed by atoms with Crippen molar-refractivity contribution in [2.24, 2.45) is 5.92 Å². The number of alkyl carbamates (subject to hydrolysis) is 1. The number of carbonyl (C=O) groups excluding carboxylic acids is 1. The molecule has 23 heavy (non-hydrogen) atoms. The van der Waals surface area contributed by atoms with E-state index in [-0.39, 0.29) is 11.6 Å². The molecule has 1 aromatic heterocycles. The minimum absolute atomic E-state index is 0.186. The van der Waals surface area contributed by atoms with Crippen LogP contribution in [0.25, 0.3) is 0 Å². The lowest BCUT2D eigenvalue weighted by Crippen LogP contribution is -2.52. The largest absolute Gasteiger partial charge is 0.444 e. The van der Waals surface area contributed by atoms with Gasteiger partial charge in [0.05, 0.1) is 0 Å². The molecule has 4 nitrogen and oxygen atoms in total. The van der Waals surface area contributed by atoms with Gasteiger partial charge in [-0.1, -0.05) is 13.8 Å². The fourth-order valence-corrected chi connectivity index (χ4v) is 3.87. The molecule has 0 bridgehead atoms. The van der Waals surface area contributed by atoms with Crippen molar-refractivity contribution in [3.8, 4) is 0 Å². The van der Waals surface area contributed by atoms with Gasteiger partial charge in [-0.25, -0.2) is 4.79 Å². The minimum atomic E-state index is -0.478. The van der Waals surface area contributed by atoms with Crippen LogP contribution >= 0.6 is 27.3 Å². The first kappa shape index (κ1) is 20.5. The highest BCUT2D eigenvalue weighted by Gasteiger charge is 2.27. The lowest BCUT2D eigenvalue weighted by atomic mass is 9.90. The van der Waals surface area contributed by atoms with E-state index in [1.807, 2.05) is 20.8 Å². The molecule has 2 N–H and O–H groups in total. The number of carbonyl (C=O) groups is 1. The Hall–Kier alpha value is -0.590. The van der Waals surface area contributed by atoms with Crippen molar-refractivity contribution < 1.29 is 9.53 Å². The van der Waals surface area contributed by atoms with Gasteiger partial charge in [0.15, 0.2) is 0 Å². The number of thiophene rings is 1. The van der Waals surface area contributed by atoms with Crippen LogP contribution in [0.1, 0.15) is 52.8 Å². The molecule has 0 saturated heterocycles. The van der Waals surface area contributed by atoms with E-state index in [4.69, 9.17) is 4.74 Å². The predicted octanol–water partition coefficient (Wildman–Crippen LogP) is 4.93. The first-order chi connectivity index (χ1) is 10.5. The predicted molar refractivity (Wildman–Crippen MR) is 101 cm³/mol. The Labute approximate surface area is 152 Å². The summed E-state index contributed by atoms with van der Waals surface area (Å²) in [4.78, 5) is 13.2. The van der Waals surface area contributed by atoms with Crippen molar-refractivity contribution >= 4 is 33.4 Å². The molecule has 1 heterocycles. The molecule has 0 aliphatic heterocycles. The number of rotatable bonds is 7. The summed E-state index contributed by atoms with van der Waals surface area (Å²) in [6.45, 7) is 13.4. The summed E-state index contributed by atoms with van der Waals surface area (Å²) in [5.41, 5.74) is -0.664. The summed E-state index contributed by atoms with van der Waals surface area (Å²) in [5.74, 6) is 0.528. The van der Waals surface area contributed by atoms with Crippen LogP contribution in [-0.2, 0) is 11.3 Å². The Morgan fingerprint density at radius 2 is 2.00 bits per heavy atom. The molecule has 1 amide bonds. The Morgan fingerprint density at radius 3 is 2.48 bits per heavy atom. The van der Waals surface area contributed by atoms with Crippen molar-refractivity contribution in [1.82, 2.24) is 10.6 Å². The molecule has 0 saturated carbocycles. The van der Waals surface area contributed by atoms with E-state index in [9.17, 15) is 4.79 Å². The molecule has 132 valence electrons. The quantitative estimate of drug-likeness (QED) is 0.676. The topological polar surface area (TPSA) is 50.4 Å². The molecule has 1 aromatic rings. The Balaban J connectivity index is 2.62. The zero-order valence-corrected chi connectivity index (χ0v) is 17.4. The first-order valence-corrected chi connectivity index (χ1v) is 9.62. The van der Waals surface area contributed by atoms with E-state index in [0.717, 1.165) is 17.4 Å². The number of hydrogen-bond acceptors (Lipinski definition) is 4. The molecule has 1 rings (SSSR count). The molecule has 0 aliphatic rings. The zero-order valence-electron chi connectivity index (χ0n) is 15.0. The minimum Gasteiger partial charge on any atom is -0.444 e. The van der Waals surface area contributed by atoms with Gasteiger partial charge in [0.2, 0.25) is 0 Å². The third kappa shape index (κ3) is 8.18. The van der Waals surface area contributed by atoms with Gasteiger partial charge >= 0.3 is 6.09 Å². The van der Waals surface area contributed by atoms with E-state index < -0.39 is 5.60 Å². The summed E-state index contributed by atoms with van der Waals surface area (Å²) in [6.07, 6.45) is 0.595. The summed E-state index contributed by atoms with van der Waals surface area (Å²) < 4.78 is 6.45. The van der Waals surface area contributed by atoms with Gasteiger partial charge in [0.1, 0.15) is 5.60 Å². The van der Waals surface area contributed by atoms with Gasteiger partial charge in [-0.2, -0.15) is 0 Å². The van der Waals surface area contributed by atoms with Crippen molar-refractivity contribution in [3.63, 3.8) is 0 Å². The van der Waals surface area contributed by atoms with E-state index in [1.54, 1.807) is 11.3 Å². The van der Waals surface area contributed by atoms with E-state index in [2.05, 4.69) is 58.8 Å². The highest BCUT2D eigenvalue weighted by atomic mass is 79.9. The van der Waals surface area contributed by atoms with Gasteiger partial charge in [-0.05, 0) is 67.4 Å². The van der Waals surface area contributed by atoms with Crippen LogP contribution in [0.4, 0.5) is 4.79 Å². The van der Waals surface area contributed by atoms with Crippen LogP contribution in [0.2, 0.25) is 0 Å². The summed E-state index contributed by atoms with van der Waals surface area (Å²) in [7, 11) is 0. The van der Waals surface area contributed by atoms with E-state index in [1.165, 1.54) is 4.88 Å². The summed E-state index contributed by atoms with van der Waals surface area (Å²) in [6, 6.07) is 2.06. The number of hydrogen-bond donors (Lipinski definition) is 2. The van der Waals surface area contributed by atoms with Crippen LogP contribution in [0.15, 0.2) is 15.9 Å². The zero-order chi connectivity index (χ0) is 17.7. The molecule has 0 radical (unpaired) electrons. The second kappa shape index (κ2) is 8.49. The molecule has 1 atom stereocenters. The van der Waals surface area contributed by atoms with Crippen molar-refractivity contribution in [2.45, 2.75) is 65.6 Å². The molecule has 0 aromatic carbocycles. The van der Waals surface area contributed by atoms with Crippen molar-refractivity contribution in [2.75, 3.05) is 6.54 Å². The van der Waals surface area contributed by atoms with Crippen LogP contribution in [-0.4, -0.2) is 23.8 Å². The fourth-order valence-electron chi connectivity index (χ4n) is 2.43. The normalized spacial score (nSPS) is 14.6. The maximum Gasteiger partial charge on any atom is 0.407 e. The highest BCUT2D eigenvalue weighted by molar-refractivity contribution is 9.10. The maximum absolute atomic E-state index is 11.9. The molecular weight excluding hydrogens is 376 g/mol. The standard InChI is InChI=1S/C17H29BrN2O2S/c1-12(2)9-17(6,11-19-15(21)22-16(3,4)5)20-10-14-13(18)7-8-23-14/h7-8,12,20H,9-11H2,1-6H3,(H,19,21). The number of amides is 1. The fraction of sp³-hybridized carbons (Fsp3) is 0.706. The SMILES string of the molecule is CC(C)CC(C)(CNC(=O)OC(C)(C)C)NCc1sccc1Br. The van der Waals surface area contributed by atoms with Gasteiger partial charge < -0.3 is 15.4 Å². The molecule has 0 fully saturated rings. The van der Waals surface area contributed by atoms with E-state index >= 15 is 0 Å². The molecular formula is C17H29BrN2O2S. The molecule has 0 spiro atoms. The molecule has 1 unspecified atom stereocenters. The molecule has 0 aliphatic carbocycles. The molecule has 6 heteroatoms. The second-order valence-electron chi connectivity index (χ2n) is 7.56. The van der Waals surface area contributed by atoms with Gasteiger partial charge in [-0.3, -0.25) is 0 Å². The van der Waals surface area contributed by atoms with Gasteiger partial charge in [0, 0.05) is 28.0 Å². The maximum atomic E-state index is 11.9. The van der Waals surface area contributed by atoms with Crippen LogP contribution in [0, 0.1) is 5.92 Å². The van der Waals surface area contributed by atoms with Gasteiger partial charge in [-0.15, -0.1) is 11.3 Å². The number of ether oxygens (including phenoxy) is 1. The summed E-state index contributed by atoms with van der Waals surface area (Å²) >= 11 is 5.28. The number of nitrogens with one attached hydrogen (secondary N) is 2. The smallest absolute Gasteiger partial charge is 0.407 e. The van der Waals surface area contributed by atoms with Crippen LogP contribution in [0.3, 0.4) is 0 Å². The lowest BCUT2D eigenvalue weighted by Gasteiger charge is -2.33. The van der Waals surface area contributed by atoms with Crippen molar-refractivity contribution in [1.29, 1.82) is 0 Å². The Morgan fingerprint density at radius 1 is 1.35 bits per heavy atom. The van der Waals surface area contributed by atoms with Crippen molar-refractivity contribution in [3.05, 3.63) is 20.8 Å². The average Bonchev–Trinajstić information content (AvgIpc) is 2.77. The highest BCUT2D eigenvalue weighted by Crippen LogP contribution is 2.24. The second-order valence-corrected chi connectivity index (χ2v) is 9.41.